The number of amides is 2. The SMILES string of the molecule is CN(C)C(=O)c1ccc(Cl)cc1NCC(=O)NCCc1ccccc1. The zero-order valence-corrected chi connectivity index (χ0v) is 15.1. The lowest BCUT2D eigenvalue weighted by Gasteiger charge is -2.15. The van der Waals surface area contributed by atoms with Gasteiger partial charge in [0.1, 0.15) is 0 Å². The molecule has 5 nitrogen and oxygen atoms in total. The molecule has 2 amide bonds. The third-order valence-electron chi connectivity index (χ3n) is 3.64. The van der Waals surface area contributed by atoms with E-state index < -0.39 is 0 Å². The summed E-state index contributed by atoms with van der Waals surface area (Å²) in [6.07, 6.45) is 0.772. The van der Waals surface area contributed by atoms with E-state index in [9.17, 15) is 9.59 Å². The van der Waals surface area contributed by atoms with E-state index in [1.807, 2.05) is 30.3 Å². The zero-order valence-electron chi connectivity index (χ0n) is 14.4. The summed E-state index contributed by atoms with van der Waals surface area (Å²) in [4.78, 5) is 25.7. The number of hydrogen-bond acceptors (Lipinski definition) is 3. The topological polar surface area (TPSA) is 61.4 Å². The first-order chi connectivity index (χ1) is 12.0. The van der Waals surface area contributed by atoms with Gasteiger partial charge in [0.25, 0.3) is 5.91 Å². The van der Waals surface area contributed by atoms with Crippen molar-refractivity contribution < 1.29 is 9.59 Å². The van der Waals surface area contributed by atoms with E-state index in [1.165, 1.54) is 10.5 Å². The molecule has 0 aliphatic rings. The predicted molar refractivity (Wildman–Crippen MR) is 101 cm³/mol. The lowest BCUT2D eigenvalue weighted by atomic mass is 10.1. The van der Waals surface area contributed by atoms with Crippen molar-refractivity contribution in [3.63, 3.8) is 0 Å². The number of halogens is 1. The van der Waals surface area contributed by atoms with Crippen molar-refractivity contribution in [2.24, 2.45) is 0 Å². The van der Waals surface area contributed by atoms with Gasteiger partial charge in [-0.25, -0.2) is 0 Å². The van der Waals surface area contributed by atoms with Crippen molar-refractivity contribution >= 4 is 29.1 Å². The molecule has 0 aliphatic heterocycles. The first-order valence-corrected chi connectivity index (χ1v) is 8.41. The van der Waals surface area contributed by atoms with Gasteiger partial charge >= 0.3 is 0 Å². The standard InChI is InChI=1S/C19H22ClN3O2/c1-23(2)19(25)16-9-8-15(20)12-17(16)22-13-18(24)21-11-10-14-6-4-3-5-7-14/h3-9,12,22H,10-11,13H2,1-2H3,(H,21,24). The first-order valence-electron chi connectivity index (χ1n) is 8.03. The van der Waals surface area contributed by atoms with Gasteiger partial charge in [-0.3, -0.25) is 9.59 Å². The summed E-state index contributed by atoms with van der Waals surface area (Å²) in [6, 6.07) is 14.9. The molecular weight excluding hydrogens is 338 g/mol. The van der Waals surface area contributed by atoms with E-state index >= 15 is 0 Å². The molecule has 0 bridgehead atoms. The number of anilines is 1. The van der Waals surface area contributed by atoms with Crippen LogP contribution < -0.4 is 10.6 Å². The van der Waals surface area contributed by atoms with Crippen molar-refractivity contribution in [2.75, 3.05) is 32.5 Å². The Bertz CT molecular complexity index is 733. The second-order valence-electron chi connectivity index (χ2n) is 5.83. The molecule has 0 aliphatic carbocycles. The van der Waals surface area contributed by atoms with Gasteiger partial charge in [0.15, 0.2) is 0 Å². The van der Waals surface area contributed by atoms with Gasteiger partial charge in [0.05, 0.1) is 12.1 Å². The van der Waals surface area contributed by atoms with E-state index in [4.69, 9.17) is 11.6 Å². The molecule has 0 aromatic heterocycles. The molecule has 0 fully saturated rings. The van der Waals surface area contributed by atoms with Crippen molar-refractivity contribution in [2.45, 2.75) is 6.42 Å². The molecule has 2 rings (SSSR count). The van der Waals surface area contributed by atoms with E-state index in [0.717, 1.165) is 6.42 Å². The molecule has 25 heavy (non-hydrogen) atoms. The van der Waals surface area contributed by atoms with Gasteiger partial charge < -0.3 is 15.5 Å². The molecule has 0 radical (unpaired) electrons. The average molecular weight is 360 g/mol. The minimum atomic E-state index is -0.149. The smallest absolute Gasteiger partial charge is 0.255 e. The highest BCUT2D eigenvalue weighted by atomic mass is 35.5. The second kappa shape index (κ2) is 9.08. The molecular formula is C19H22ClN3O2. The van der Waals surface area contributed by atoms with E-state index in [2.05, 4.69) is 10.6 Å². The minimum Gasteiger partial charge on any atom is -0.375 e. The maximum Gasteiger partial charge on any atom is 0.255 e. The summed E-state index contributed by atoms with van der Waals surface area (Å²) in [5.74, 6) is -0.289. The molecule has 0 spiro atoms. The number of benzene rings is 2. The Labute approximate surface area is 153 Å². The number of nitrogens with one attached hydrogen (secondary N) is 2. The molecule has 6 heteroatoms. The summed E-state index contributed by atoms with van der Waals surface area (Å²) < 4.78 is 0. The molecule has 2 aromatic carbocycles. The Balaban J connectivity index is 1.88. The van der Waals surface area contributed by atoms with Crippen LogP contribution in [0.3, 0.4) is 0 Å². The largest absolute Gasteiger partial charge is 0.375 e. The zero-order chi connectivity index (χ0) is 18.2. The third kappa shape index (κ3) is 5.80. The highest BCUT2D eigenvalue weighted by Crippen LogP contribution is 2.22. The molecule has 0 saturated heterocycles. The summed E-state index contributed by atoms with van der Waals surface area (Å²) in [7, 11) is 3.36. The minimum absolute atomic E-state index is 0.0723. The van der Waals surface area contributed by atoms with Crippen LogP contribution in [0.15, 0.2) is 48.5 Å². The Morgan fingerprint density at radius 3 is 2.48 bits per heavy atom. The monoisotopic (exact) mass is 359 g/mol. The summed E-state index contributed by atoms with van der Waals surface area (Å²) in [5.41, 5.74) is 2.19. The van der Waals surface area contributed by atoms with Crippen LogP contribution in [0.4, 0.5) is 5.69 Å². The van der Waals surface area contributed by atoms with Gasteiger partial charge in [-0.15, -0.1) is 0 Å². The van der Waals surface area contributed by atoms with Gasteiger partial charge in [0.2, 0.25) is 5.91 Å². The van der Waals surface area contributed by atoms with Crippen molar-refractivity contribution in [3.05, 3.63) is 64.7 Å². The maximum absolute atomic E-state index is 12.2. The molecule has 132 valence electrons. The molecule has 0 saturated carbocycles. The van der Waals surface area contributed by atoms with Crippen LogP contribution in [0.5, 0.6) is 0 Å². The van der Waals surface area contributed by atoms with Gasteiger partial charge in [-0.2, -0.15) is 0 Å². The van der Waals surface area contributed by atoms with Gasteiger partial charge in [-0.05, 0) is 30.2 Å². The lowest BCUT2D eigenvalue weighted by molar-refractivity contribution is -0.119. The van der Waals surface area contributed by atoms with Crippen LogP contribution in [0.2, 0.25) is 5.02 Å². The molecule has 2 N–H and O–H groups in total. The molecule has 2 aromatic rings. The Kier molecular flexibility index (Phi) is 6.83. The molecule has 0 heterocycles. The quantitative estimate of drug-likeness (QED) is 0.799. The lowest BCUT2D eigenvalue weighted by Crippen LogP contribution is -2.32. The fourth-order valence-electron chi connectivity index (χ4n) is 2.32. The van der Waals surface area contributed by atoms with Crippen LogP contribution in [-0.4, -0.2) is 43.9 Å². The van der Waals surface area contributed by atoms with Gasteiger partial charge in [-0.1, -0.05) is 41.9 Å². The summed E-state index contributed by atoms with van der Waals surface area (Å²) >= 11 is 6.00. The highest BCUT2D eigenvalue weighted by molar-refractivity contribution is 6.31. The number of carbonyl (C=O) groups is 2. The fourth-order valence-corrected chi connectivity index (χ4v) is 2.49. The number of rotatable bonds is 7. The molecule has 0 atom stereocenters. The van der Waals surface area contributed by atoms with Crippen molar-refractivity contribution in [1.82, 2.24) is 10.2 Å². The third-order valence-corrected chi connectivity index (χ3v) is 3.87. The summed E-state index contributed by atoms with van der Waals surface area (Å²) in [6.45, 7) is 0.631. The Morgan fingerprint density at radius 2 is 1.80 bits per heavy atom. The van der Waals surface area contributed by atoms with E-state index in [0.29, 0.717) is 22.8 Å². The van der Waals surface area contributed by atoms with Crippen molar-refractivity contribution in [3.8, 4) is 0 Å². The van der Waals surface area contributed by atoms with Crippen LogP contribution >= 0.6 is 11.6 Å². The van der Waals surface area contributed by atoms with Crippen LogP contribution in [0.1, 0.15) is 15.9 Å². The fraction of sp³-hybridized carbons (Fsp3) is 0.263. The highest BCUT2D eigenvalue weighted by Gasteiger charge is 2.14. The molecule has 0 unspecified atom stereocenters. The number of carbonyl (C=O) groups excluding carboxylic acids is 2. The normalized spacial score (nSPS) is 10.2. The number of nitrogens with zero attached hydrogens (tertiary/aromatic N) is 1. The average Bonchev–Trinajstić information content (AvgIpc) is 2.60. The van der Waals surface area contributed by atoms with Gasteiger partial charge in [0, 0.05) is 31.4 Å². The second-order valence-corrected chi connectivity index (χ2v) is 6.27. The Morgan fingerprint density at radius 1 is 1.08 bits per heavy atom. The van der Waals surface area contributed by atoms with Crippen LogP contribution in [-0.2, 0) is 11.2 Å². The van der Waals surface area contributed by atoms with Crippen molar-refractivity contribution in [1.29, 1.82) is 0 Å². The predicted octanol–water partition coefficient (Wildman–Crippen LogP) is 2.81. The Hall–Kier alpha value is -2.53. The summed E-state index contributed by atoms with van der Waals surface area (Å²) in [5, 5.41) is 6.35. The maximum atomic E-state index is 12.2. The number of hydrogen-bond donors (Lipinski definition) is 2. The first kappa shape index (κ1) is 18.8. The van der Waals surface area contributed by atoms with E-state index in [-0.39, 0.29) is 18.4 Å². The van der Waals surface area contributed by atoms with E-state index in [1.54, 1.807) is 32.3 Å². The van der Waals surface area contributed by atoms with Crippen LogP contribution in [0, 0.1) is 0 Å². The van der Waals surface area contributed by atoms with Crippen LogP contribution in [0.25, 0.3) is 0 Å².